The molecule has 6 heteroatoms. The average molecular weight is 266 g/mol. The Morgan fingerprint density at radius 2 is 1.95 bits per heavy atom. The van der Waals surface area contributed by atoms with E-state index in [0.29, 0.717) is 5.95 Å². The van der Waals surface area contributed by atoms with Gasteiger partial charge in [0.15, 0.2) is 0 Å². The van der Waals surface area contributed by atoms with Crippen LogP contribution < -0.4 is 0 Å². The first-order valence-corrected chi connectivity index (χ1v) is 6.27. The van der Waals surface area contributed by atoms with Gasteiger partial charge in [-0.15, -0.1) is 10.2 Å². The monoisotopic (exact) mass is 266 g/mol. The number of hydrogen-bond donors (Lipinski definition) is 0. The molecule has 0 radical (unpaired) electrons. The molecule has 20 heavy (non-hydrogen) atoms. The highest BCUT2D eigenvalue weighted by Gasteiger charge is 2.10. The van der Waals surface area contributed by atoms with Crippen molar-refractivity contribution >= 4 is 6.21 Å². The van der Waals surface area contributed by atoms with Crippen LogP contribution >= 0.6 is 0 Å². The standard InChI is InChI=1S/C14H14N6/c1-11-8-12(2)20(18-11)14-17-15-10-19(14)16-9-13-6-4-3-5-7-13/h3-10H,1-2H3/b16-9-. The van der Waals surface area contributed by atoms with Crippen LogP contribution in [0.5, 0.6) is 0 Å². The molecule has 0 bridgehead atoms. The van der Waals surface area contributed by atoms with Gasteiger partial charge in [0.05, 0.1) is 11.9 Å². The van der Waals surface area contributed by atoms with Gasteiger partial charge in [0.2, 0.25) is 0 Å². The summed E-state index contributed by atoms with van der Waals surface area (Å²) in [7, 11) is 0. The number of nitrogens with zero attached hydrogens (tertiary/aromatic N) is 6. The second kappa shape index (κ2) is 5.08. The van der Waals surface area contributed by atoms with Crippen molar-refractivity contribution < 1.29 is 0 Å². The van der Waals surface area contributed by atoms with E-state index in [9.17, 15) is 0 Å². The summed E-state index contributed by atoms with van der Waals surface area (Å²) in [6, 6.07) is 11.9. The lowest BCUT2D eigenvalue weighted by atomic mass is 10.2. The summed E-state index contributed by atoms with van der Waals surface area (Å²) in [4.78, 5) is 0. The topological polar surface area (TPSA) is 60.9 Å². The summed E-state index contributed by atoms with van der Waals surface area (Å²) >= 11 is 0. The Kier molecular flexibility index (Phi) is 3.12. The van der Waals surface area contributed by atoms with Gasteiger partial charge in [0, 0.05) is 5.69 Å². The van der Waals surface area contributed by atoms with Crippen LogP contribution in [-0.4, -0.2) is 30.9 Å². The summed E-state index contributed by atoms with van der Waals surface area (Å²) < 4.78 is 3.33. The zero-order chi connectivity index (χ0) is 13.9. The van der Waals surface area contributed by atoms with Crippen molar-refractivity contribution in [1.82, 2.24) is 24.7 Å². The Balaban J connectivity index is 1.95. The fourth-order valence-corrected chi connectivity index (χ4v) is 1.94. The third-order valence-electron chi connectivity index (χ3n) is 2.84. The molecule has 0 fully saturated rings. The Labute approximate surface area is 116 Å². The van der Waals surface area contributed by atoms with Crippen molar-refractivity contribution in [1.29, 1.82) is 0 Å². The summed E-state index contributed by atoms with van der Waals surface area (Å²) in [5, 5.41) is 16.7. The highest BCUT2D eigenvalue weighted by molar-refractivity contribution is 5.79. The van der Waals surface area contributed by atoms with Crippen molar-refractivity contribution in [3.05, 3.63) is 59.7 Å². The fraction of sp³-hybridized carbons (Fsp3) is 0.143. The van der Waals surface area contributed by atoms with Gasteiger partial charge in [0.25, 0.3) is 5.95 Å². The van der Waals surface area contributed by atoms with Gasteiger partial charge in [-0.25, -0.2) is 4.68 Å². The van der Waals surface area contributed by atoms with Crippen LogP contribution in [0, 0.1) is 13.8 Å². The van der Waals surface area contributed by atoms with Gasteiger partial charge in [-0.05, 0) is 25.5 Å². The minimum Gasteiger partial charge on any atom is -0.202 e. The van der Waals surface area contributed by atoms with E-state index in [1.165, 1.54) is 0 Å². The van der Waals surface area contributed by atoms with Crippen molar-refractivity contribution in [2.75, 3.05) is 0 Å². The Bertz CT molecular complexity index is 738. The van der Waals surface area contributed by atoms with Crippen molar-refractivity contribution in [2.24, 2.45) is 5.10 Å². The molecule has 2 aromatic heterocycles. The summed E-state index contributed by atoms with van der Waals surface area (Å²) in [5.74, 6) is 0.572. The maximum atomic E-state index is 4.39. The predicted molar refractivity (Wildman–Crippen MR) is 76.1 cm³/mol. The largest absolute Gasteiger partial charge is 0.273 e. The molecule has 0 aliphatic heterocycles. The normalized spacial score (nSPS) is 11.3. The molecule has 0 aliphatic carbocycles. The van der Waals surface area contributed by atoms with Gasteiger partial charge >= 0.3 is 0 Å². The van der Waals surface area contributed by atoms with E-state index in [2.05, 4.69) is 20.4 Å². The molecule has 3 rings (SSSR count). The smallest absolute Gasteiger partial charge is 0.202 e. The van der Waals surface area contributed by atoms with Crippen molar-refractivity contribution in [3.8, 4) is 5.95 Å². The first-order chi connectivity index (χ1) is 9.74. The lowest BCUT2D eigenvalue weighted by Gasteiger charge is -2.02. The fourth-order valence-electron chi connectivity index (χ4n) is 1.94. The maximum Gasteiger partial charge on any atom is 0.273 e. The van der Waals surface area contributed by atoms with Gasteiger partial charge in [0.1, 0.15) is 6.33 Å². The van der Waals surface area contributed by atoms with Crippen LogP contribution in [-0.2, 0) is 0 Å². The van der Waals surface area contributed by atoms with Crippen molar-refractivity contribution in [3.63, 3.8) is 0 Å². The minimum atomic E-state index is 0.572. The summed E-state index contributed by atoms with van der Waals surface area (Å²) in [6.07, 6.45) is 3.32. The number of aryl methyl sites for hydroxylation is 2. The van der Waals surface area contributed by atoms with Gasteiger partial charge in [-0.3, -0.25) is 0 Å². The second-order valence-corrected chi connectivity index (χ2v) is 4.47. The van der Waals surface area contributed by atoms with E-state index < -0.39 is 0 Å². The third kappa shape index (κ3) is 2.35. The Hall–Kier alpha value is -2.76. The molecule has 0 saturated heterocycles. The molecule has 1 aromatic carbocycles. The van der Waals surface area contributed by atoms with E-state index >= 15 is 0 Å². The quantitative estimate of drug-likeness (QED) is 0.681. The highest BCUT2D eigenvalue weighted by Crippen LogP contribution is 2.09. The third-order valence-corrected chi connectivity index (χ3v) is 2.84. The molecule has 2 heterocycles. The predicted octanol–water partition coefficient (Wildman–Crippen LogP) is 1.96. The molecular formula is C14H14N6. The second-order valence-electron chi connectivity index (χ2n) is 4.47. The van der Waals surface area contributed by atoms with Crippen LogP contribution in [0.2, 0.25) is 0 Å². The molecule has 3 aromatic rings. The van der Waals surface area contributed by atoms with E-state index in [-0.39, 0.29) is 0 Å². The van der Waals surface area contributed by atoms with Gasteiger partial charge in [-0.2, -0.15) is 14.9 Å². The average Bonchev–Trinajstić information content (AvgIpc) is 3.03. The van der Waals surface area contributed by atoms with Crippen LogP contribution in [0.25, 0.3) is 5.95 Å². The molecule has 0 spiro atoms. The minimum absolute atomic E-state index is 0.572. The number of rotatable bonds is 3. The molecule has 0 N–H and O–H groups in total. The lowest BCUT2D eigenvalue weighted by Crippen LogP contribution is -2.06. The molecule has 6 nitrogen and oxygen atoms in total. The molecule has 100 valence electrons. The zero-order valence-corrected chi connectivity index (χ0v) is 11.3. The first kappa shape index (κ1) is 12.3. The van der Waals surface area contributed by atoms with Crippen molar-refractivity contribution in [2.45, 2.75) is 13.8 Å². The molecule has 0 aliphatic rings. The van der Waals surface area contributed by atoms with E-state index in [1.807, 2.05) is 50.2 Å². The molecule has 0 saturated carbocycles. The zero-order valence-electron chi connectivity index (χ0n) is 11.3. The molecular weight excluding hydrogens is 252 g/mol. The summed E-state index contributed by atoms with van der Waals surface area (Å²) in [5.41, 5.74) is 2.94. The van der Waals surface area contributed by atoms with E-state index in [1.54, 1.807) is 21.9 Å². The lowest BCUT2D eigenvalue weighted by molar-refractivity contribution is 0.717. The van der Waals surface area contributed by atoms with E-state index in [0.717, 1.165) is 17.0 Å². The maximum absolute atomic E-state index is 4.39. The molecule has 0 unspecified atom stereocenters. The number of hydrogen-bond acceptors (Lipinski definition) is 4. The Morgan fingerprint density at radius 1 is 1.15 bits per heavy atom. The van der Waals surface area contributed by atoms with Crippen LogP contribution in [0.1, 0.15) is 17.0 Å². The van der Waals surface area contributed by atoms with Crippen LogP contribution in [0.4, 0.5) is 0 Å². The Morgan fingerprint density at radius 3 is 2.65 bits per heavy atom. The number of aromatic nitrogens is 5. The van der Waals surface area contributed by atoms with E-state index in [4.69, 9.17) is 0 Å². The number of benzene rings is 1. The molecule has 0 amide bonds. The van der Waals surface area contributed by atoms with Crippen LogP contribution in [0.3, 0.4) is 0 Å². The summed E-state index contributed by atoms with van der Waals surface area (Å²) in [6.45, 7) is 3.91. The first-order valence-electron chi connectivity index (χ1n) is 6.27. The SMILES string of the molecule is Cc1cc(C)n(-c2nncn2/N=C\c2ccccc2)n1. The highest BCUT2D eigenvalue weighted by atomic mass is 15.5. The van der Waals surface area contributed by atoms with Gasteiger partial charge < -0.3 is 0 Å². The van der Waals surface area contributed by atoms with Gasteiger partial charge in [-0.1, -0.05) is 30.3 Å². The van der Waals surface area contributed by atoms with Crippen LogP contribution in [0.15, 0.2) is 47.8 Å². The molecule has 0 atom stereocenters.